The summed E-state index contributed by atoms with van der Waals surface area (Å²) < 4.78 is 0. The van der Waals surface area contributed by atoms with Crippen LogP contribution in [0.25, 0.3) is 0 Å². The molecule has 82 valence electrons. The van der Waals surface area contributed by atoms with Gasteiger partial charge in [0.25, 0.3) is 0 Å². The first-order chi connectivity index (χ1) is 7.19. The molecule has 0 amide bonds. The molecule has 0 bridgehead atoms. The van der Waals surface area contributed by atoms with Crippen molar-refractivity contribution in [3.05, 3.63) is 34.9 Å². The average molecular weight is 205 g/mol. The molecule has 1 aromatic rings. The lowest BCUT2D eigenvalue weighted by Gasteiger charge is -2.12. The van der Waals surface area contributed by atoms with Gasteiger partial charge in [0.1, 0.15) is 0 Å². The van der Waals surface area contributed by atoms with Crippen LogP contribution in [0.2, 0.25) is 0 Å². The molecule has 1 aliphatic heterocycles. The largest absolute Gasteiger partial charge is 0.396 e. The lowest BCUT2D eigenvalue weighted by atomic mass is 9.97. The quantitative estimate of drug-likeness (QED) is 0.773. The fraction of sp³-hybridized carbons (Fsp3) is 0.538. The molecule has 0 spiro atoms. The molecule has 0 saturated carbocycles. The van der Waals surface area contributed by atoms with Gasteiger partial charge in [-0.05, 0) is 31.7 Å². The second kappa shape index (κ2) is 4.33. The third-order valence-corrected chi connectivity index (χ3v) is 3.13. The standard InChI is InChI=1S/C13H19NO/c1-9-3-10(2)5-12(4-9)13-6-11(8-15)7-14-13/h3-5,11,13-15H,6-8H2,1-2H3. The first-order valence-electron chi connectivity index (χ1n) is 5.61. The summed E-state index contributed by atoms with van der Waals surface area (Å²) in [5.41, 5.74) is 4.00. The van der Waals surface area contributed by atoms with E-state index in [1.165, 1.54) is 16.7 Å². The zero-order valence-corrected chi connectivity index (χ0v) is 9.46. The summed E-state index contributed by atoms with van der Waals surface area (Å²) in [5, 5.41) is 12.6. The van der Waals surface area contributed by atoms with E-state index in [4.69, 9.17) is 5.11 Å². The molecule has 0 aliphatic carbocycles. The summed E-state index contributed by atoms with van der Waals surface area (Å²) in [4.78, 5) is 0. The molecule has 2 N–H and O–H groups in total. The molecule has 1 fully saturated rings. The maximum absolute atomic E-state index is 9.10. The molecule has 0 radical (unpaired) electrons. The van der Waals surface area contributed by atoms with Crippen molar-refractivity contribution < 1.29 is 5.11 Å². The minimum Gasteiger partial charge on any atom is -0.396 e. The molecular weight excluding hydrogens is 186 g/mol. The van der Waals surface area contributed by atoms with E-state index >= 15 is 0 Å². The Kier molecular flexibility index (Phi) is 3.08. The van der Waals surface area contributed by atoms with Crippen LogP contribution in [-0.2, 0) is 0 Å². The Balaban J connectivity index is 2.16. The van der Waals surface area contributed by atoms with E-state index in [0.717, 1.165) is 13.0 Å². The lowest BCUT2D eigenvalue weighted by molar-refractivity contribution is 0.236. The van der Waals surface area contributed by atoms with Crippen LogP contribution < -0.4 is 5.32 Å². The molecule has 1 heterocycles. The van der Waals surface area contributed by atoms with E-state index in [1.807, 2.05) is 0 Å². The summed E-state index contributed by atoms with van der Waals surface area (Å²) in [6.07, 6.45) is 1.05. The minimum absolute atomic E-state index is 0.300. The summed E-state index contributed by atoms with van der Waals surface area (Å²) in [6.45, 7) is 5.51. The van der Waals surface area contributed by atoms with E-state index < -0.39 is 0 Å². The topological polar surface area (TPSA) is 32.3 Å². The van der Waals surface area contributed by atoms with E-state index in [1.54, 1.807) is 0 Å². The third-order valence-electron chi connectivity index (χ3n) is 3.13. The monoisotopic (exact) mass is 205 g/mol. The fourth-order valence-electron chi connectivity index (χ4n) is 2.41. The Labute approximate surface area is 91.3 Å². The van der Waals surface area contributed by atoms with Crippen LogP contribution in [0.1, 0.15) is 29.2 Å². The molecule has 1 aromatic carbocycles. The Morgan fingerprint density at radius 1 is 1.27 bits per heavy atom. The van der Waals surface area contributed by atoms with E-state index in [2.05, 4.69) is 37.4 Å². The summed E-state index contributed by atoms with van der Waals surface area (Å²) in [6, 6.07) is 7.11. The van der Waals surface area contributed by atoms with Crippen LogP contribution in [0, 0.1) is 19.8 Å². The molecule has 0 aromatic heterocycles. The first-order valence-corrected chi connectivity index (χ1v) is 5.61. The highest BCUT2D eigenvalue weighted by Crippen LogP contribution is 2.27. The molecular formula is C13H19NO. The van der Waals surface area contributed by atoms with Crippen LogP contribution in [0.4, 0.5) is 0 Å². The fourth-order valence-corrected chi connectivity index (χ4v) is 2.41. The molecule has 2 heteroatoms. The maximum Gasteiger partial charge on any atom is 0.0472 e. The van der Waals surface area contributed by atoms with Crippen LogP contribution in [0.3, 0.4) is 0 Å². The SMILES string of the molecule is Cc1cc(C)cc(C2CC(CO)CN2)c1. The first kappa shape index (κ1) is 10.7. The highest BCUT2D eigenvalue weighted by Gasteiger charge is 2.24. The Morgan fingerprint density at radius 3 is 2.47 bits per heavy atom. The zero-order chi connectivity index (χ0) is 10.8. The van der Waals surface area contributed by atoms with Gasteiger partial charge in [0.2, 0.25) is 0 Å². The van der Waals surface area contributed by atoms with Crippen LogP contribution in [-0.4, -0.2) is 18.3 Å². The molecule has 2 rings (SSSR count). The Hall–Kier alpha value is -0.860. The van der Waals surface area contributed by atoms with Crippen molar-refractivity contribution in [3.8, 4) is 0 Å². The number of benzene rings is 1. The number of hydrogen-bond acceptors (Lipinski definition) is 2. The van der Waals surface area contributed by atoms with Gasteiger partial charge in [-0.25, -0.2) is 0 Å². The molecule has 2 atom stereocenters. The summed E-state index contributed by atoms with van der Waals surface area (Å²) >= 11 is 0. The normalized spacial score (nSPS) is 25.8. The van der Waals surface area contributed by atoms with Gasteiger partial charge in [-0.1, -0.05) is 29.3 Å². The van der Waals surface area contributed by atoms with Gasteiger partial charge < -0.3 is 10.4 Å². The third kappa shape index (κ3) is 2.39. The molecule has 2 unspecified atom stereocenters. The van der Waals surface area contributed by atoms with Crippen LogP contribution in [0.5, 0.6) is 0 Å². The van der Waals surface area contributed by atoms with Crippen molar-refractivity contribution >= 4 is 0 Å². The predicted molar refractivity (Wildman–Crippen MR) is 61.9 cm³/mol. The van der Waals surface area contributed by atoms with Crippen LogP contribution in [0.15, 0.2) is 18.2 Å². The Bertz CT molecular complexity index is 328. The lowest BCUT2D eigenvalue weighted by Crippen LogP contribution is -2.14. The van der Waals surface area contributed by atoms with Crippen molar-refractivity contribution in [1.29, 1.82) is 0 Å². The van der Waals surface area contributed by atoms with Crippen molar-refractivity contribution in [2.75, 3.05) is 13.2 Å². The average Bonchev–Trinajstić information content (AvgIpc) is 2.64. The number of hydrogen-bond donors (Lipinski definition) is 2. The smallest absolute Gasteiger partial charge is 0.0472 e. The summed E-state index contributed by atoms with van der Waals surface area (Å²) in [7, 11) is 0. The predicted octanol–water partition coefficient (Wildman–Crippen LogP) is 1.95. The number of aryl methyl sites for hydroxylation is 2. The molecule has 2 nitrogen and oxygen atoms in total. The number of aliphatic hydroxyl groups is 1. The van der Waals surface area contributed by atoms with Crippen molar-refractivity contribution in [1.82, 2.24) is 5.32 Å². The van der Waals surface area contributed by atoms with Gasteiger partial charge in [-0.3, -0.25) is 0 Å². The highest BCUT2D eigenvalue weighted by atomic mass is 16.3. The van der Waals surface area contributed by atoms with Gasteiger partial charge in [0.05, 0.1) is 0 Å². The van der Waals surface area contributed by atoms with Gasteiger partial charge in [-0.2, -0.15) is 0 Å². The second-order valence-electron chi connectivity index (χ2n) is 4.67. The van der Waals surface area contributed by atoms with Gasteiger partial charge in [0.15, 0.2) is 0 Å². The highest BCUT2D eigenvalue weighted by molar-refractivity contribution is 5.31. The van der Waals surface area contributed by atoms with Crippen molar-refractivity contribution in [3.63, 3.8) is 0 Å². The number of rotatable bonds is 2. The number of nitrogens with one attached hydrogen (secondary N) is 1. The second-order valence-corrected chi connectivity index (χ2v) is 4.67. The molecule has 15 heavy (non-hydrogen) atoms. The van der Waals surface area contributed by atoms with E-state index in [0.29, 0.717) is 18.6 Å². The maximum atomic E-state index is 9.10. The minimum atomic E-state index is 0.300. The van der Waals surface area contributed by atoms with Gasteiger partial charge in [-0.15, -0.1) is 0 Å². The van der Waals surface area contributed by atoms with E-state index in [-0.39, 0.29) is 0 Å². The van der Waals surface area contributed by atoms with Gasteiger partial charge >= 0.3 is 0 Å². The number of aliphatic hydroxyl groups excluding tert-OH is 1. The summed E-state index contributed by atoms with van der Waals surface area (Å²) in [5.74, 6) is 0.427. The molecule has 1 aliphatic rings. The van der Waals surface area contributed by atoms with Crippen LogP contribution >= 0.6 is 0 Å². The zero-order valence-electron chi connectivity index (χ0n) is 9.46. The van der Waals surface area contributed by atoms with Crippen molar-refractivity contribution in [2.45, 2.75) is 26.3 Å². The Morgan fingerprint density at radius 2 is 1.93 bits per heavy atom. The van der Waals surface area contributed by atoms with E-state index in [9.17, 15) is 0 Å². The molecule has 1 saturated heterocycles. The van der Waals surface area contributed by atoms with Gasteiger partial charge in [0, 0.05) is 19.2 Å². The van der Waals surface area contributed by atoms with Crippen molar-refractivity contribution in [2.24, 2.45) is 5.92 Å².